The van der Waals surface area contributed by atoms with E-state index in [2.05, 4.69) is 31.8 Å². The van der Waals surface area contributed by atoms with Crippen molar-refractivity contribution in [2.24, 2.45) is 5.41 Å². The molecule has 3 nitrogen and oxygen atoms in total. The highest BCUT2D eigenvalue weighted by Gasteiger charge is 2.14. The van der Waals surface area contributed by atoms with E-state index < -0.39 is 0 Å². The van der Waals surface area contributed by atoms with Crippen LogP contribution >= 0.6 is 0 Å². The molecule has 0 atom stereocenters. The molecule has 0 spiro atoms. The summed E-state index contributed by atoms with van der Waals surface area (Å²) in [5, 5.41) is 8.95. The fourth-order valence-electron chi connectivity index (χ4n) is 2.22. The monoisotopic (exact) mass is 294 g/mol. The van der Waals surface area contributed by atoms with Crippen LogP contribution in [-0.4, -0.2) is 4.98 Å². The number of hydrogen-bond donors (Lipinski definition) is 0. The minimum Gasteiger partial charge on any atom is -0.473 e. The van der Waals surface area contributed by atoms with Gasteiger partial charge in [0.05, 0.1) is 12.5 Å². The summed E-state index contributed by atoms with van der Waals surface area (Å²) >= 11 is 0. The van der Waals surface area contributed by atoms with Crippen LogP contribution in [0.2, 0.25) is 0 Å². The standard InChI is InChI=1S/C19H22N2O/c1-19(2,3)13-17-10-9-16(11-12-20)18(21-17)22-14-15-7-5-4-6-8-15/h4-10H,11,13-14H2,1-3H3. The van der Waals surface area contributed by atoms with E-state index in [0.29, 0.717) is 18.9 Å². The Morgan fingerprint density at radius 3 is 2.45 bits per heavy atom. The average Bonchev–Trinajstić information content (AvgIpc) is 2.47. The number of hydrogen-bond acceptors (Lipinski definition) is 3. The van der Waals surface area contributed by atoms with Gasteiger partial charge in [0, 0.05) is 11.3 Å². The van der Waals surface area contributed by atoms with Crippen molar-refractivity contribution in [3.05, 3.63) is 59.3 Å². The summed E-state index contributed by atoms with van der Waals surface area (Å²) in [6.07, 6.45) is 1.19. The van der Waals surface area contributed by atoms with Crippen molar-refractivity contribution in [1.29, 1.82) is 5.26 Å². The first kappa shape index (κ1) is 16.0. The van der Waals surface area contributed by atoms with E-state index in [9.17, 15) is 0 Å². The van der Waals surface area contributed by atoms with Gasteiger partial charge in [-0.15, -0.1) is 0 Å². The Morgan fingerprint density at radius 1 is 1.09 bits per heavy atom. The van der Waals surface area contributed by atoms with Crippen molar-refractivity contribution in [2.75, 3.05) is 0 Å². The second-order valence-corrected chi connectivity index (χ2v) is 6.61. The molecule has 3 heteroatoms. The smallest absolute Gasteiger partial charge is 0.218 e. The number of aromatic nitrogens is 1. The molecule has 0 aliphatic carbocycles. The maximum absolute atomic E-state index is 8.95. The third-order valence-electron chi connectivity index (χ3n) is 3.20. The van der Waals surface area contributed by atoms with E-state index in [1.807, 2.05) is 42.5 Å². The summed E-state index contributed by atoms with van der Waals surface area (Å²) in [7, 11) is 0. The predicted octanol–water partition coefficient (Wildman–Crippen LogP) is 4.32. The van der Waals surface area contributed by atoms with Crippen molar-refractivity contribution in [2.45, 2.75) is 40.2 Å². The van der Waals surface area contributed by atoms with Crippen LogP contribution in [0.1, 0.15) is 37.6 Å². The van der Waals surface area contributed by atoms with Crippen LogP contribution in [0.3, 0.4) is 0 Å². The summed E-state index contributed by atoms with van der Waals surface area (Å²) in [5.41, 5.74) is 3.10. The van der Waals surface area contributed by atoms with Gasteiger partial charge < -0.3 is 4.74 Å². The fourth-order valence-corrected chi connectivity index (χ4v) is 2.22. The molecule has 2 aromatic rings. The van der Waals surface area contributed by atoms with Gasteiger partial charge in [0.2, 0.25) is 5.88 Å². The van der Waals surface area contributed by atoms with E-state index in [4.69, 9.17) is 10.00 Å². The SMILES string of the molecule is CC(C)(C)Cc1ccc(CC#N)c(OCc2ccccc2)n1. The second kappa shape index (κ2) is 7.09. The normalized spacial score (nSPS) is 11.0. The van der Waals surface area contributed by atoms with E-state index in [-0.39, 0.29) is 5.41 Å². The van der Waals surface area contributed by atoms with Gasteiger partial charge in [-0.05, 0) is 23.5 Å². The molecule has 2 rings (SSSR count). The average molecular weight is 294 g/mol. The van der Waals surface area contributed by atoms with Gasteiger partial charge in [-0.2, -0.15) is 5.26 Å². The van der Waals surface area contributed by atoms with Gasteiger partial charge in [-0.25, -0.2) is 4.98 Å². The van der Waals surface area contributed by atoms with Crippen molar-refractivity contribution < 1.29 is 4.74 Å². The number of rotatable bonds is 5. The first-order chi connectivity index (χ1) is 10.5. The third-order valence-corrected chi connectivity index (χ3v) is 3.20. The van der Waals surface area contributed by atoms with Crippen LogP contribution < -0.4 is 4.74 Å². The van der Waals surface area contributed by atoms with Gasteiger partial charge in [0.15, 0.2) is 0 Å². The van der Waals surface area contributed by atoms with Gasteiger partial charge in [-0.3, -0.25) is 0 Å². The van der Waals surface area contributed by atoms with E-state index in [0.717, 1.165) is 23.2 Å². The fraction of sp³-hybridized carbons (Fsp3) is 0.368. The van der Waals surface area contributed by atoms with Crippen molar-refractivity contribution in [1.82, 2.24) is 4.98 Å². The summed E-state index contributed by atoms with van der Waals surface area (Å²) < 4.78 is 5.87. The molecule has 0 bridgehead atoms. The lowest BCUT2D eigenvalue weighted by Gasteiger charge is -2.18. The maximum atomic E-state index is 8.95. The molecular weight excluding hydrogens is 272 g/mol. The highest BCUT2D eigenvalue weighted by Crippen LogP contribution is 2.24. The molecule has 1 aromatic heterocycles. The molecular formula is C19H22N2O. The first-order valence-corrected chi connectivity index (χ1v) is 7.50. The summed E-state index contributed by atoms with van der Waals surface area (Å²) in [5.74, 6) is 0.576. The summed E-state index contributed by atoms with van der Waals surface area (Å²) in [4.78, 5) is 4.62. The van der Waals surface area contributed by atoms with Crippen molar-refractivity contribution in [3.8, 4) is 11.9 Å². The number of benzene rings is 1. The molecule has 0 aliphatic heterocycles. The molecule has 1 aromatic carbocycles. The Hall–Kier alpha value is -2.34. The molecule has 1 heterocycles. The Labute approximate surface area is 132 Å². The van der Waals surface area contributed by atoms with E-state index in [1.54, 1.807) is 0 Å². The molecule has 0 amide bonds. The largest absolute Gasteiger partial charge is 0.473 e. The first-order valence-electron chi connectivity index (χ1n) is 7.50. The van der Waals surface area contributed by atoms with Crippen LogP contribution in [0.15, 0.2) is 42.5 Å². The molecule has 0 radical (unpaired) electrons. The number of pyridine rings is 1. The second-order valence-electron chi connectivity index (χ2n) is 6.61. The van der Waals surface area contributed by atoms with Crippen molar-refractivity contribution >= 4 is 0 Å². The van der Waals surface area contributed by atoms with E-state index >= 15 is 0 Å². The third kappa shape index (κ3) is 4.89. The minimum atomic E-state index is 0.167. The molecule has 0 unspecified atom stereocenters. The molecule has 0 fully saturated rings. The number of ether oxygens (including phenoxy) is 1. The topological polar surface area (TPSA) is 45.9 Å². The molecule has 0 saturated carbocycles. The highest BCUT2D eigenvalue weighted by atomic mass is 16.5. The lowest BCUT2D eigenvalue weighted by atomic mass is 9.90. The Bertz CT molecular complexity index is 651. The Kier molecular flexibility index (Phi) is 5.16. The van der Waals surface area contributed by atoms with Gasteiger partial charge in [0.25, 0.3) is 0 Å². The minimum absolute atomic E-state index is 0.167. The van der Waals surface area contributed by atoms with E-state index in [1.165, 1.54) is 0 Å². The van der Waals surface area contributed by atoms with Gasteiger partial charge in [-0.1, -0.05) is 57.2 Å². The zero-order valence-electron chi connectivity index (χ0n) is 13.5. The molecule has 0 aliphatic rings. The Balaban J connectivity index is 2.18. The lowest BCUT2D eigenvalue weighted by molar-refractivity contribution is 0.288. The van der Waals surface area contributed by atoms with Crippen molar-refractivity contribution in [3.63, 3.8) is 0 Å². The molecule has 114 valence electrons. The lowest BCUT2D eigenvalue weighted by Crippen LogP contribution is -2.11. The molecule has 0 N–H and O–H groups in total. The molecule has 22 heavy (non-hydrogen) atoms. The van der Waals surface area contributed by atoms with Gasteiger partial charge >= 0.3 is 0 Å². The van der Waals surface area contributed by atoms with Crippen LogP contribution in [0, 0.1) is 16.7 Å². The molecule has 0 saturated heterocycles. The van der Waals surface area contributed by atoms with Gasteiger partial charge in [0.1, 0.15) is 6.61 Å². The maximum Gasteiger partial charge on any atom is 0.218 e. The number of nitrogens with zero attached hydrogens (tertiary/aromatic N) is 2. The number of nitriles is 1. The summed E-state index contributed by atoms with van der Waals surface area (Å²) in [6.45, 7) is 7.01. The van der Waals surface area contributed by atoms with Crippen LogP contribution in [0.25, 0.3) is 0 Å². The Morgan fingerprint density at radius 2 is 1.82 bits per heavy atom. The van der Waals surface area contributed by atoms with Crippen LogP contribution in [0.4, 0.5) is 0 Å². The zero-order valence-corrected chi connectivity index (χ0v) is 13.5. The zero-order chi connectivity index (χ0) is 16.0. The van der Waals surface area contributed by atoms with Crippen LogP contribution in [0.5, 0.6) is 5.88 Å². The quantitative estimate of drug-likeness (QED) is 0.825. The summed E-state index contributed by atoms with van der Waals surface area (Å²) in [6, 6.07) is 16.1. The highest BCUT2D eigenvalue weighted by molar-refractivity contribution is 5.31. The predicted molar refractivity (Wildman–Crippen MR) is 87.5 cm³/mol. The van der Waals surface area contributed by atoms with Crippen LogP contribution in [-0.2, 0) is 19.4 Å².